The van der Waals surface area contributed by atoms with E-state index in [2.05, 4.69) is 27.4 Å². The first-order valence-corrected chi connectivity index (χ1v) is 9.62. The Morgan fingerprint density at radius 2 is 1.67 bits per heavy atom. The summed E-state index contributed by atoms with van der Waals surface area (Å²) in [7, 11) is 0. The predicted octanol–water partition coefficient (Wildman–Crippen LogP) is 5.44. The van der Waals surface area contributed by atoms with Crippen LogP contribution in [0.5, 0.6) is 0 Å². The minimum atomic E-state index is -0.667. The SMILES string of the molecule is C=CCC(C)(C)C.CC(=O)CC1CC(=O)C(c2c(C)cc(C)cc2C)C1=O. The van der Waals surface area contributed by atoms with Gasteiger partial charge in [0, 0.05) is 18.8 Å². The standard InChI is InChI=1S/C17H20O3.C7H14/c1-9-5-10(2)15(11(3)6-9)16-14(19)8-13(17(16)20)7-12(4)18;1-5-6-7(2,3)4/h5-6,13,16H,7-8H2,1-4H3;5H,1,6H2,2-4H3. The highest BCUT2D eigenvalue weighted by atomic mass is 16.2. The molecule has 0 bridgehead atoms. The van der Waals surface area contributed by atoms with Crippen LogP contribution in [0.15, 0.2) is 24.8 Å². The molecule has 1 aliphatic rings. The van der Waals surface area contributed by atoms with E-state index in [4.69, 9.17) is 0 Å². The Morgan fingerprint density at radius 3 is 2.04 bits per heavy atom. The number of carbonyl (C=O) groups is 3. The first-order valence-electron chi connectivity index (χ1n) is 9.62. The fraction of sp³-hybridized carbons (Fsp3) is 0.542. The highest BCUT2D eigenvalue weighted by molar-refractivity contribution is 6.15. The van der Waals surface area contributed by atoms with E-state index in [-0.39, 0.29) is 30.2 Å². The van der Waals surface area contributed by atoms with Crippen LogP contribution in [0, 0.1) is 32.1 Å². The van der Waals surface area contributed by atoms with Gasteiger partial charge >= 0.3 is 0 Å². The van der Waals surface area contributed by atoms with Gasteiger partial charge in [-0.3, -0.25) is 9.59 Å². The van der Waals surface area contributed by atoms with E-state index >= 15 is 0 Å². The van der Waals surface area contributed by atoms with Gasteiger partial charge < -0.3 is 4.79 Å². The molecule has 0 aliphatic heterocycles. The summed E-state index contributed by atoms with van der Waals surface area (Å²) in [5, 5.41) is 0. The van der Waals surface area contributed by atoms with Crippen molar-refractivity contribution in [3.05, 3.63) is 47.0 Å². The van der Waals surface area contributed by atoms with E-state index in [1.54, 1.807) is 0 Å². The Kier molecular flexibility index (Phi) is 7.89. The molecule has 0 aromatic heterocycles. The molecule has 0 radical (unpaired) electrons. The molecule has 0 N–H and O–H groups in total. The third-order valence-electron chi connectivity index (χ3n) is 4.77. The molecule has 2 atom stereocenters. The van der Waals surface area contributed by atoms with Crippen molar-refractivity contribution >= 4 is 17.3 Å². The largest absolute Gasteiger partial charge is 0.300 e. The molecule has 1 aromatic carbocycles. The minimum Gasteiger partial charge on any atom is -0.300 e. The van der Waals surface area contributed by atoms with Crippen LogP contribution in [0.1, 0.15) is 75.1 Å². The smallest absolute Gasteiger partial charge is 0.151 e. The minimum absolute atomic E-state index is 0.0332. The zero-order valence-corrected chi connectivity index (χ0v) is 17.9. The number of rotatable bonds is 4. The quantitative estimate of drug-likeness (QED) is 0.524. The topological polar surface area (TPSA) is 51.2 Å². The molecular weight excluding hydrogens is 336 g/mol. The Hall–Kier alpha value is -2.03. The molecule has 1 fully saturated rings. The summed E-state index contributed by atoms with van der Waals surface area (Å²) in [6.45, 7) is 17.6. The van der Waals surface area contributed by atoms with Crippen LogP contribution in [0.2, 0.25) is 0 Å². The van der Waals surface area contributed by atoms with Crippen molar-refractivity contribution in [3.63, 3.8) is 0 Å². The zero-order chi connectivity index (χ0) is 20.9. The first-order chi connectivity index (χ1) is 12.4. The van der Waals surface area contributed by atoms with Gasteiger partial charge in [-0.05, 0) is 56.2 Å². The molecule has 0 spiro atoms. The van der Waals surface area contributed by atoms with Crippen LogP contribution in [0.25, 0.3) is 0 Å². The summed E-state index contributed by atoms with van der Waals surface area (Å²) >= 11 is 0. The van der Waals surface area contributed by atoms with Crippen molar-refractivity contribution in [1.82, 2.24) is 0 Å². The van der Waals surface area contributed by atoms with E-state index in [0.29, 0.717) is 5.41 Å². The molecule has 0 saturated heterocycles. The third-order valence-corrected chi connectivity index (χ3v) is 4.77. The van der Waals surface area contributed by atoms with Gasteiger partial charge in [-0.25, -0.2) is 0 Å². The monoisotopic (exact) mass is 370 g/mol. The van der Waals surface area contributed by atoms with Crippen molar-refractivity contribution in [1.29, 1.82) is 0 Å². The normalized spacial score (nSPS) is 19.5. The lowest BCUT2D eigenvalue weighted by Gasteiger charge is -2.16. The molecule has 1 saturated carbocycles. The molecule has 0 heterocycles. The van der Waals surface area contributed by atoms with Crippen LogP contribution >= 0.6 is 0 Å². The second kappa shape index (κ2) is 9.25. The van der Waals surface area contributed by atoms with Crippen molar-refractivity contribution in [3.8, 4) is 0 Å². The van der Waals surface area contributed by atoms with Crippen LogP contribution in [0.3, 0.4) is 0 Å². The number of ketones is 3. The number of allylic oxidation sites excluding steroid dienone is 1. The fourth-order valence-corrected chi connectivity index (χ4v) is 3.76. The predicted molar refractivity (Wildman–Crippen MR) is 111 cm³/mol. The Labute approximate surface area is 164 Å². The Balaban J connectivity index is 0.000000445. The number of benzene rings is 1. The fourth-order valence-electron chi connectivity index (χ4n) is 3.76. The molecule has 148 valence electrons. The molecule has 27 heavy (non-hydrogen) atoms. The van der Waals surface area contributed by atoms with Crippen molar-refractivity contribution in [2.24, 2.45) is 11.3 Å². The van der Waals surface area contributed by atoms with Gasteiger partial charge in [0.05, 0.1) is 0 Å². The summed E-state index contributed by atoms with van der Waals surface area (Å²) in [4.78, 5) is 35.9. The first kappa shape index (κ1) is 23.0. The highest BCUT2D eigenvalue weighted by Crippen LogP contribution is 2.37. The molecule has 0 amide bonds. The van der Waals surface area contributed by atoms with Gasteiger partial charge in [0.2, 0.25) is 0 Å². The second-order valence-electron chi connectivity index (χ2n) is 8.97. The summed E-state index contributed by atoms with van der Waals surface area (Å²) in [6.07, 6.45) is 3.45. The van der Waals surface area contributed by atoms with Crippen molar-refractivity contribution < 1.29 is 14.4 Å². The van der Waals surface area contributed by atoms with E-state index in [0.717, 1.165) is 28.7 Å². The summed E-state index contributed by atoms with van der Waals surface area (Å²) < 4.78 is 0. The molecule has 2 unspecified atom stereocenters. The molecular formula is C24H34O3. The van der Waals surface area contributed by atoms with E-state index in [1.165, 1.54) is 6.92 Å². The van der Waals surface area contributed by atoms with Gasteiger partial charge in [-0.1, -0.05) is 44.5 Å². The average molecular weight is 371 g/mol. The van der Waals surface area contributed by atoms with Crippen LogP contribution in [-0.4, -0.2) is 17.3 Å². The van der Waals surface area contributed by atoms with Gasteiger partial charge in [0.1, 0.15) is 17.5 Å². The summed E-state index contributed by atoms with van der Waals surface area (Å²) in [5.41, 5.74) is 4.37. The van der Waals surface area contributed by atoms with Gasteiger partial charge in [-0.2, -0.15) is 0 Å². The number of hydrogen-bond acceptors (Lipinski definition) is 3. The van der Waals surface area contributed by atoms with Crippen molar-refractivity contribution in [2.75, 3.05) is 0 Å². The molecule has 1 aromatic rings. The van der Waals surface area contributed by atoms with Crippen molar-refractivity contribution in [2.45, 2.75) is 73.6 Å². The third kappa shape index (κ3) is 6.57. The van der Waals surface area contributed by atoms with Gasteiger partial charge in [-0.15, -0.1) is 6.58 Å². The zero-order valence-electron chi connectivity index (χ0n) is 17.9. The molecule has 3 nitrogen and oxygen atoms in total. The van der Waals surface area contributed by atoms with Gasteiger partial charge in [0.15, 0.2) is 5.78 Å². The van der Waals surface area contributed by atoms with Gasteiger partial charge in [0.25, 0.3) is 0 Å². The van der Waals surface area contributed by atoms with Crippen LogP contribution in [-0.2, 0) is 14.4 Å². The number of aryl methyl sites for hydroxylation is 3. The van der Waals surface area contributed by atoms with Crippen LogP contribution in [0.4, 0.5) is 0 Å². The highest BCUT2D eigenvalue weighted by Gasteiger charge is 2.43. The maximum atomic E-state index is 12.5. The maximum absolute atomic E-state index is 12.5. The summed E-state index contributed by atoms with van der Waals surface area (Å²) in [6, 6.07) is 4.00. The van der Waals surface area contributed by atoms with E-state index < -0.39 is 11.8 Å². The number of hydrogen-bond donors (Lipinski definition) is 0. The maximum Gasteiger partial charge on any atom is 0.151 e. The van der Waals surface area contributed by atoms with Crippen LogP contribution < -0.4 is 0 Å². The average Bonchev–Trinajstić information content (AvgIpc) is 2.72. The lowest BCUT2D eigenvalue weighted by atomic mass is 9.86. The Bertz CT molecular complexity index is 711. The molecule has 3 heteroatoms. The lowest BCUT2D eigenvalue weighted by Crippen LogP contribution is -2.18. The number of Topliss-reactive ketones (excluding diaryl/α,β-unsaturated/α-hetero) is 3. The molecule has 1 aliphatic carbocycles. The van der Waals surface area contributed by atoms with E-state index in [1.807, 2.05) is 39.0 Å². The molecule has 2 rings (SSSR count). The lowest BCUT2D eigenvalue weighted by molar-refractivity contribution is -0.127. The van der Waals surface area contributed by atoms with E-state index in [9.17, 15) is 14.4 Å². The number of carbonyl (C=O) groups excluding carboxylic acids is 3. The Morgan fingerprint density at radius 1 is 1.15 bits per heavy atom. The summed E-state index contributed by atoms with van der Waals surface area (Å²) in [5.74, 6) is -1.25. The second-order valence-corrected chi connectivity index (χ2v) is 8.97.